The number of hydrogen-bond acceptors (Lipinski definition) is 2. The van der Waals surface area contributed by atoms with E-state index in [1.54, 1.807) is 16.7 Å². The lowest BCUT2D eigenvalue weighted by atomic mass is 10.3. The second-order valence-corrected chi connectivity index (χ2v) is 3.85. The highest BCUT2D eigenvalue weighted by atomic mass is 16.2. The Kier molecular flexibility index (Phi) is 7.34. The number of nitrogens with one attached hydrogen (secondary N) is 1. The summed E-state index contributed by atoms with van der Waals surface area (Å²) in [4.78, 5) is 27.1. The molecule has 0 bridgehead atoms. The largest absolute Gasteiger partial charge is 0.341 e. The van der Waals surface area contributed by atoms with Crippen molar-refractivity contribution in [2.45, 2.75) is 40.7 Å². The van der Waals surface area contributed by atoms with Crippen molar-refractivity contribution in [2.75, 3.05) is 26.2 Å². The Bertz CT molecular complexity index is 248. The Morgan fingerprint density at radius 1 is 0.941 bits per heavy atom. The number of amides is 3. The van der Waals surface area contributed by atoms with Crippen molar-refractivity contribution in [1.29, 1.82) is 0 Å². The van der Waals surface area contributed by atoms with Gasteiger partial charge in [-0.05, 0) is 34.6 Å². The van der Waals surface area contributed by atoms with Crippen molar-refractivity contribution in [3.8, 4) is 0 Å². The molecule has 17 heavy (non-hydrogen) atoms. The van der Waals surface area contributed by atoms with Crippen molar-refractivity contribution < 1.29 is 9.59 Å². The van der Waals surface area contributed by atoms with E-state index in [2.05, 4.69) is 5.32 Å². The Morgan fingerprint density at radius 3 is 1.71 bits per heavy atom. The molecule has 1 atom stereocenters. The number of nitrogens with zero attached hydrogens (tertiary/aromatic N) is 2. The third-order valence-corrected chi connectivity index (χ3v) is 2.84. The van der Waals surface area contributed by atoms with Gasteiger partial charge in [0.1, 0.15) is 6.04 Å². The molecule has 0 saturated carbocycles. The minimum absolute atomic E-state index is 0.0319. The molecule has 0 aliphatic rings. The van der Waals surface area contributed by atoms with Crippen LogP contribution in [0.1, 0.15) is 34.6 Å². The summed E-state index contributed by atoms with van der Waals surface area (Å²) in [6.45, 7) is 12.0. The SMILES string of the molecule is CCN(CC)C(=O)NC(C)C(=O)N(CC)CC. The third kappa shape index (κ3) is 4.63. The molecule has 0 spiro atoms. The standard InChI is InChI=1S/C12H25N3O2/c1-6-14(7-2)11(16)10(5)13-12(17)15(8-3)9-4/h10H,6-9H2,1-5H3,(H,13,17). The lowest BCUT2D eigenvalue weighted by Gasteiger charge is -2.26. The number of hydrogen-bond donors (Lipinski definition) is 1. The van der Waals surface area contributed by atoms with Gasteiger partial charge >= 0.3 is 6.03 Å². The van der Waals surface area contributed by atoms with Crippen molar-refractivity contribution in [1.82, 2.24) is 15.1 Å². The molecular formula is C12H25N3O2. The number of likely N-dealkylation sites (N-methyl/N-ethyl adjacent to an activating group) is 1. The summed E-state index contributed by atoms with van der Waals surface area (Å²) < 4.78 is 0. The number of carbonyl (C=O) groups excluding carboxylic acids is 2. The molecule has 0 aliphatic heterocycles. The molecule has 0 fully saturated rings. The predicted molar refractivity (Wildman–Crippen MR) is 68.8 cm³/mol. The van der Waals surface area contributed by atoms with Crippen molar-refractivity contribution >= 4 is 11.9 Å². The van der Waals surface area contributed by atoms with Crippen LogP contribution in [0.5, 0.6) is 0 Å². The van der Waals surface area contributed by atoms with Gasteiger partial charge in [-0.3, -0.25) is 4.79 Å². The zero-order valence-electron chi connectivity index (χ0n) is 11.6. The number of urea groups is 1. The minimum Gasteiger partial charge on any atom is -0.341 e. The predicted octanol–water partition coefficient (Wildman–Crippen LogP) is 1.29. The van der Waals surface area contributed by atoms with E-state index >= 15 is 0 Å². The molecule has 0 rings (SSSR count). The van der Waals surface area contributed by atoms with E-state index in [0.29, 0.717) is 26.2 Å². The van der Waals surface area contributed by atoms with Crippen LogP contribution >= 0.6 is 0 Å². The molecule has 0 heterocycles. The van der Waals surface area contributed by atoms with Gasteiger partial charge in [0.15, 0.2) is 0 Å². The summed E-state index contributed by atoms with van der Waals surface area (Å²) in [7, 11) is 0. The quantitative estimate of drug-likeness (QED) is 0.764. The van der Waals surface area contributed by atoms with Gasteiger partial charge in [0.25, 0.3) is 0 Å². The first-order valence-corrected chi connectivity index (χ1v) is 6.35. The first-order valence-electron chi connectivity index (χ1n) is 6.35. The van der Waals surface area contributed by atoms with Crippen LogP contribution in [-0.2, 0) is 4.79 Å². The fraction of sp³-hybridized carbons (Fsp3) is 0.833. The van der Waals surface area contributed by atoms with Gasteiger partial charge in [0.05, 0.1) is 0 Å². The molecule has 1 N–H and O–H groups in total. The highest BCUT2D eigenvalue weighted by Crippen LogP contribution is 1.97. The van der Waals surface area contributed by atoms with Crippen LogP contribution in [0.25, 0.3) is 0 Å². The maximum absolute atomic E-state index is 11.9. The maximum Gasteiger partial charge on any atom is 0.318 e. The molecule has 5 heteroatoms. The monoisotopic (exact) mass is 243 g/mol. The number of carbonyl (C=O) groups is 2. The minimum atomic E-state index is -0.469. The zero-order chi connectivity index (χ0) is 13.4. The summed E-state index contributed by atoms with van der Waals surface area (Å²) in [6, 6.07) is -0.647. The van der Waals surface area contributed by atoms with Crippen LogP contribution in [0.3, 0.4) is 0 Å². The lowest BCUT2D eigenvalue weighted by Crippen LogP contribution is -2.50. The third-order valence-electron chi connectivity index (χ3n) is 2.84. The smallest absolute Gasteiger partial charge is 0.318 e. The Morgan fingerprint density at radius 2 is 1.35 bits per heavy atom. The highest BCUT2D eigenvalue weighted by Gasteiger charge is 2.21. The molecule has 0 aromatic carbocycles. The van der Waals surface area contributed by atoms with Crippen LogP contribution in [0.2, 0.25) is 0 Å². The van der Waals surface area contributed by atoms with Crippen LogP contribution in [0.4, 0.5) is 4.79 Å². The molecule has 0 saturated heterocycles. The highest BCUT2D eigenvalue weighted by molar-refractivity contribution is 5.86. The molecule has 0 aromatic heterocycles. The number of rotatable bonds is 6. The summed E-state index contributed by atoms with van der Waals surface area (Å²) in [5.41, 5.74) is 0. The van der Waals surface area contributed by atoms with E-state index < -0.39 is 6.04 Å². The van der Waals surface area contributed by atoms with Gasteiger partial charge in [0.2, 0.25) is 5.91 Å². The molecule has 0 radical (unpaired) electrons. The fourth-order valence-corrected chi connectivity index (χ4v) is 1.66. The van der Waals surface area contributed by atoms with Gasteiger partial charge in [-0.2, -0.15) is 0 Å². The molecule has 3 amide bonds. The molecule has 0 aromatic rings. The summed E-state index contributed by atoms with van der Waals surface area (Å²) in [6.07, 6.45) is 0. The first kappa shape index (κ1) is 15.7. The first-order chi connectivity index (χ1) is 8.01. The van der Waals surface area contributed by atoms with Crippen LogP contribution < -0.4 is 5.32 Å². The normalized spacial score (nSPS) is 11.8. The zero-order valence-corrected chi connectivity index (χ0v) is 11.6. The maximum atomic E-state index is 11.9. The molecule has 100 valence electrons. The topological polar surface area (TPSA) is 52.7 Å². The van der Waals surface area contributed by atoms with E-state index in [1.165, 1.54) is 0 Å². The van der Waals surface area contributed by atoms with E-state index in [1.807, 2.05) is 27.7 Å². The lowest BCUT2D eigenvalue weighted by molar-refractivity contribution is -0.132. The van der Waals surface area contributed by atoms with Crippen LogP contribution in [-0.4, -0.2) is 54.0 Å². The van der Waals surface area contributed by atoms with E-state index in [0.717, 1.165) is 0 Å². The average molecular weight is 243 g/mol. The summed E-state index contributed by atoms with van der Waals surface area (Å²) in [5.74, 6) is -0.0319. The second-order valence-electron chi connectivity index (χ2n) is 3.85. The van der Waals surface area contributed by atoms with Crippen LogP contribution in [0, 0.1) is 0 Å². The Balaban J connectivity index is 4.38. The summed E-state index contributed by atoms with van der Waals surface area (Å²) >= 11 is 0. The van der Waals surface area contributed by atoms with Crippen molar-refractivity contribution in [3.63, 3.8) is 0 Å². The molecule has 0 aliphatic carbocycles. The van der Waals surface area contributed by atoms with Crippen molar-refractivity contribution in [3.05, 3.63) is 0 Å². The fourth-order valence-electron chi connectivity index (χ4n) is 1.66. The van der Waals surface area contributed by atoms with Gasteiger partial charge in [-0.25, -0.2) is 4.79 Å². The molecular weight excluding hydrogens is 218 g/mol. The summed E-state index contributed by atoms with van der Waals surface area (Å²) in [5, 5.41) is 2.73. The average Bonchev–Trinajstić information content (AvgIpc) is 2.31. The molecule has 5 nitrogen and oxygen atoms in total. The second kappa shape index (κ2) is 7.92. The van der Waals surface area contributed by atoms with Gasteiger partial charge in [-0.1, -0.05) is 0 Å². The molecule has 1 unspecified atom stereocenters. The van der Waals surface area contributed by atoms with E-state index in [-0.39, 0.29) is 11.9 Å². The Hall–Kier alpha value is -1.26. The Labute approximate surface area is 104 Å². The van der Waals surface area contributed by atoms with Crippen LogP contribution in [0.15, 0.2) is 0 Å². The van der Waals surface area contributed by atoms with Gasteiger partial charge < -0.3 is 15.1 Å². The van der Waals surface area contributed by atoms with E-state index in [9.17, 15) is 9.59 Å². The van der Waals surface area contributed by atoms with Gasteiger partial charge in [-0.15, -0.1) is 0 Å². The van der Waals surface area contributed by atoms with Gasteiger partial charge in [0, 0.05) is 26.2 Å². The van der Waals surface area contributed by atoms with Crippen molar-refractivity contribution in [2.24, 2.45) is 0 Å². The van der Waals surface area contributed by atoms with E-state index in [4.69, 9.17) is 0 Å².